The minimum absolute atomic E-state index is 0.0405. The Bertz CT molecular complexity index is 204. The van der Waals surface area contributed by atoms with Crippen LogP contribution in [0.1, 0.15) is 45.4 Å². The molecular weight excluding hydrogens is 174 g/mol. The van der Waals surface area contributed by atoms with E-state index in [1.807, 2.05) is 6.08 Å². The molecule has 1 N–H and O–H groups in total. The van der Waals surface area contributed by atoms with Crippen molar-refractivity contribution in [3.8, 4) is 0 Å². The quantitative estimate of drug-likeness (QED) is 0.530. The highest BCUT2D eigenvalue weighted by atomic mass is 16.2. The van der Waals surface area contributed by atoms with Gasteiger partial charge in [0.2, 0.25) is 5.91 Å². The van der Waals surface area contributed by atoms with E-state index in [2.05, 4.69) is 18.8 Å². The van der Waals surface area contributed by atoms with Gasteiger partial charge in [-0.05, 0) is 25.7 Å². The topological polar surface area (TPSA) is 29.1 Å². The van der Waals surface area contributed by atoms with Crippen LogP contribution in [0, 0.1) is 5.41 Å². The van der Waals surface area contributed by atoms with Crippen LogP contribution < -0.4 is 5.32 Å². The van der Waals surface area contributed by atoms with Gasteiger partial charge < -0.3 is 5.32 Å². The number of hydrogen-bond donors (Lipinski definition) is 1. The lowest BCUT2D eigenvalue weighted by Gasteiger charge is -2.25. The van der Waals surface area contributed by atoms with Gasteiger partial charge in [0, 0.05) is 12.0 Å². The first-order valence-corrected chi connectivity index (χ1v) is 5.64. The van der Waals surface area contributed by atoms with Gasteiger partial charge in [0.15, 0.2) is 0 Å². The van der Waals surface area contributed by atoms with Crippen LogP contribution in [0.15, 0.2) is 12.7 Å². The van der Waals surface area contributed by atoms with Crippen molar-refractivity contribution < 1.29 is 4.79 Å². The summed E-state index contributed by atoms with van der Waals surface area (Å²) in [6.07, 6.45) is 8.25. The summed E-state index contributed by atoms with van der Waals surface area (Å²) < 4.78 is 0. The molecule has 0 unspecified atom stereocenters. The van der Waals surface area contributed by atoms with E-state index in [-0.39, 0.29) is 11.3 Å². The normalized spacial score (nSPS) is 19.2. The first-order chi connectivity index (χ1) is 6.75. The van der Waals surface area contributed by atoms with Gasteiger partial charge in [-0.3, -0.25) is 4.79 Å². The number of carbonyl (C=O) groups excluding carboxylic acids is 1. The number of nitrogens with one attached hydrogen (secondary N) is 1. The maximum Gasteiger partial charge on any atom is 0.226 e. The predicted molar refractivity (Wildman–Crippen MR) is 59.0 cm³/mol. The lowest BCUT2D eigenvalue weighted by molar-refractivity contribution is -0.130. The highest BCUT2D eigenvalue weighted by Gasteiger charge is 2.38. The Balaban J connectivity index is 2.43. The third-order valence-corrected chi connectivity index (χ3v) is 3.35. The number of rotatable bonds is 5. The molecule has 0 radical (unpaired) electrons. The van der Waals surface area contributed by atoms with E-state index in [1.54, 1.807) is 0 Å². The fourth-order valence-electron chi connectivity index (χ4n) is 2.27. The fourth-order valence-corrected chi connectivity index (χ4v) is 2.27. The van der Waals surface area contributed by atoms with Crippen molar-refractivity contribution in [3.05, 3.63) is 12.7 Å². The van der Waals surface area contributed by atoms with Gasteiger partial charge >= 0.3 is 0 Å². The van der Waals surface area contributed by atoms with Crippen molar-refractivity contribution in [2.75, 3.05) is 6.54 Å². The van der Waals surface area contributed by atoms with E-state index in [1.165, 1.54) is 12.8 Å². The van der Waals surface area contributed by atoms with Gasteiger partial charge in [-0.2, -0.15) is 0 Å². The van der Waals surface area contributed by atoms with Crippen LogP contribution in [0.25, 0.3) is 0 Å². The first-order valence-electron chi connectivity index (χ1n) is 5.64. The largest absolute Gasteiger partial charge is 0.355 e. The summed E-state index contributed by atoms with van der Waals surface area (Å²) in [5.41, 5.74) is -0.0405. The third-order valence-electron chi connectivity index (χ3n) is 3.35. The summed E-state index contributed by atoms with van der Waals surface area (Å²) in [4.78, 5) is 11.9. The molecule has 80 valence electrons. The van der Waals surface area contributed by atoms with Crippen molar-refractivity contribution in [3.63, 3.8) is 0 Å². The van der Waals surface area contributed by atoms with Crippen molar-refractivity contribution in [2.24, 2.45) is 5.41 Å². The molecule has 0 spiro atoms. The molecule has 0 heterocycles. The zero-order chi connectivity index (χ0) is 10.4. The van der Waals surface area contributed by atoms with Crippen LogP contribution in [-0.4, -0.2) is 12.5 Å². The van der Waals surface area contributed by atoms with Crippen LogP contribution >= 0.6 is 0 Å². The molecule has 1 aliphatic rings. The van der Waals surface area contributed by atoms with E-state index in [4.69, 9.17) is 0 Å². The average molecular weight is 195 g/mol. The van der Waals surface area contributed by atoms with Crippen molar-refractivity contribution >= 4 is 5.91 Å². The molecule has 0 saturated heterocycles. The van der Waals surface area contributed by atoms with Gasteiger partial charge in [-0.25, -0.2) is 0 Å². The molecule has 0 aromatic heterocycles. The van der Waals surface area contributed by atoms with Crippen LogP contribution in [0.3, 0.4) is 0 Å². The van der Waals surface area contributed by atoms with E-state index < -0.39 is 0 Å². The zero-order valence-corrected chi connectivity index (χ0v) is 9.14. The molecule has 0 aromatic carbocycles. The van der Waals surface area contributed by atoms with E-state index >= 15 is 0 Å². The summed E-state index contributed by atoms with van der Waals surface area (Å²) in [6, 6.07) is 0. The molecule has 1 fully saturated rings. The maximum atomic E-state index is 11.9. The van der Waals surface area contributed by atoms with Gasteiger partial charge in [0.25, 0.3) is 0 Å². The summed E-state index contributed by atoms with van der Waals surface area (Å²) in [5.74, 6) is 0.263. The minimum atomic E-state index is -0.0405. The third kappa shape index (κ3) is 2.37. The average Bonchev–Trinajstić information content (AvgIpc) is 2.67. The van der Waals surface area contributed by atoms with Gasteiger partial charge in [0.05, 0.1) is 0 Å². The smallest absolute Gasteiger partial charge is 0.226 e. The predicted octanol–water partition coefficient (Wildman–Crippen LogP) is 2.65. The Hall–Kier alpha value is -0.790. The molecule has 2 heteroatoms. The second-order valence-corrected chi connectivity index (χ2v) is 4.17. The Morgan fingerprint density at radius 2 is 2.14 bits per heavy atom. The molecule has 1 saturated carbocycles. The summed E-state index contributed by atoms with van der Waals surface area (Å²) in [7, 11) is 0. The Morgan fingerprint density at radius 3 is 2.64 bits per heavy atom. The van der Waals surface area contributed by atoms with Gasteiger partial charge in [0.1, 0.15) is 0 Å². The number of carbonyl (C=O) groups is 1. The summed E-state index contributed by atoms with van der Waals surface area (Å²) in [5, 5.41) is 3.01. The van der Waals surface area contributed by atoms with Crippen molar-refractivity contribution in [1.29, 1.82) is 0 Å². The summed E-state index contributed by atoms with van der Waals surface area (Å²) >= 11 is 0. The van der Waals surface area contributed by atoms with Crippen molar-refractivity contribution in [1.82, 2.24) is 5.32 Å². The van der Waals surface area contributed by atoms with E-state index in [0.29, 0.717) is 0 Å². The lowest BCUT2D eigenvalue weighted by atomic mass is 9.82. The molecular formula is C12H21NO. The minimum Gasteiger partial charge on any atom is -0.355 e. The zero-order valence-electron chi connectivity index (χ0n) is 9.14. The Morgan fingerprint density at radius 1 is 1.50 bits per heavy atom. The number of amides is 1. The Kier molecular flexibility index (Phi) is 4.18. The van der Waals surface area contributed by atoms with Crippen LogP contribution in [0.5, 0.6) is 0 Å². The van der Waals surface area contributed by atoms with Gasteiger partial charge in [-0.15, -0.1) is 6.58 Å². The fraction of sp³-hybridized carbons (Fsp3) is 0.750. The second-order valence-electron chi connectivity index (χ2n) is 4.17. The highest BCUT2D eigenvalue weighted by Crippen LogP contribution is 2.40. The molecule has 0 bridgehead atoms. The second kappa shape index (κ2) is 5.18. The molecule has 1 amide bonds. The summed E-state index contributed by atoms with van der Waals surface area (Å²) in [6.45, 7) is 6.50. The van der Waals surface area contributed by atoms with E-state index in [0.717, 1.165) is 32.2 Å². The van der Waals surface area contributed by atoms with E-state index in [9.17, 15) is 4.79 Å². The number of hydrogen-bond acceptors (Lipinski definition) is 1. The standard InChI is InChI=1S/C12H21NO/c1-3-5-10-13-11(14)12(4-2)8-6-7-9-12/h3H,1,4-10H2,2H3,(H,13,14). The SMILES string of the molecule is C=CCCNC(=O)C1(CC)CCCC1. The first kappa shape index (κ1) is 11.3. The monoisotopic (exact) mass is 195 g/mol. The Labute approximate surface area is 86.8 Å². The molecule has 14 heavy (non-hydrogen) atoms. The van der Waals surface area contributed by atoms with Crippen LogP contribution in [-0.2, 0) is 4.79 Å². The lowest BCUT2D eigenvalue weighted by Crippen LogP contribution is -2.39. The van der Waals surface area contributed by atoms with Crippen LogP contribution in [0.2, 0.25) is 0 Å². The van der Waals surface area contributed by atoms with Gasteiger partial charge in [-0.1, -0.05) is 25.8 Å². The molecule has 0 aliphatic heterocycles. The molecule has 0 aromatic rings. The molecule has 2 nitrogen and oxygen atoms in total. The highest BCUT2D eigenvalue weighted by molar-refractivity contribution is 5.82. The van der Waals surface area contributed by atoms with Crippen molar-refractivity contribution in [2.45, 2.75) is 45.4 Å². The molecule has 0 atom stereocenters. The van der Waals surface area contributed by atoms with Crippen LogP contribution in [0.4, 0.5) is 0 Å². The maximum absolute atomic E-state index is 11.9. The molecule has 1 rings (SSSR count). The molecule has 1 aliphatic carbocycles.